The second-order valence-corrected chi connectivity index (χ2v) is 4.13. The SMILES string of the molecule is CCCn1nc(C)c([N+](=O)[O-])c1C(C)C(C)=O. The zero-order chi connectivity index (χ0) is 13.2. The number of hydrogen-bond donors (Lipinski definition) is 0. The van der Waals surface area contributed by atoms with Crippen LogP contribution < -0.4 is 0 Å². The summed E-state index contributed by atoms with van der Waals surface area (Å²) in [6.45, 7) is 7.26. The van der Waals surface area contributed by atoms with Crippen molar-refractivity contribution >= 4 is 11.5 Å². The van der Waals surface area contributed by atoms with Gasteiger partial charge in [0, 0.05) is 6.54 Å². The molecule has 1 atom stereocenters. The van der Waals surface area contributed by atoms with Gasteiger partial charge in [-0.25, -0.2) is 0 Å². The number of carbonyl (C=O) groups is 1. The summed E-state index contributed by atoms with van der Waals surface area (Å²) in [4.78, 5) is 22.0. The van der Waals surface area contributed by atoms with Crippen molar-refractivity contribution < 1.29 is 9.72 Å². The lowest BCUT2D eigenvalue weighted by Gasteiger charge is -2.09. The third-order valence-electron chi connectivity index (χ3n) is 2.77. The molecule has 0 fully saturated rings. The van der Waals surface area contributed by atoms with Crippen LogP contribution in [0.5, 0.6) is 0 Å². The van der Waals surface area contributed by atoms with Crippen LogP contribution in [-0.4, -0.2) is 20.5 Å². The molecule has 0 saturated carbocycles. The Kier molecular flexibility index (Phi) is 3.98. The van der Waals surface area contributed by atoms with Gasteiger partial charge in [0.15, 0.2) is 0 Å². The molecule has 1 aromatic rings. The molecule has 1 aromatic heterocycles. The molecule has 1 unspecified atom stereocenters. The zero-order valence-corrected chi connectivity index (χ0v) is 10.6. The van der Waals surface area contributed by atoms with Crippen LogP contribution in [0.15, 0.2) is 0 Å². The van der Waals surface area contributed by atoms with Crippen LogP contribution in [0, 0.1) is 17.0 Å². The molecule has 0 spiro atoms. The van der Waals surface area contributed by atoms with E-state index in [2.05, 4.69) is 5.10 Å². The first kappa shape index (κ1) is 13.3. The second-order valence-electron chi connectivity index (χ2n) is 4.13. The first-order chi connectivity index (χ1) is 7.90. The molecule has 1 rings (SSSR count). The summed E-state index contributed by atoms with van der Waals surface area (Å²) in [7, 11) is 0. The molecular weight excluding hydrogens is 222 g/mol. The van der Waals surface area contributed by atoms with Gasteiger partial charge in [-0.1, -0.05) is 6.92 Å². The highest BCUT2D eigenvalue weighted by Crippen LogP contribution is 2.30. The minimum Gasteiger partial charge on any atom is -0.299 e. The van der Waals surface area contributed by atoms with Crippen LogP contribution in [0.2, 0.25) is 0 Å². The molecule has 0 aliphatic rings. The average Bonchev–Trinajstić information content (AvgIpc) is 2.54. The molecule has 0 aliphatic carbocycles. The second kappa shape index (κ2) is 5.07. The Morgan fingerprint density at radius 1 is 1.59 bits per heavy atom. The van der Waals surface area contributed by atoms with Gasteiger partial charge in [-0.3, -0.25) is 19.6 Å². The molecule has 0 radical (unpaired) electrons. The Bertz CT molecular complexity index is 451. The summed E-state index contributed by atoms with van der Waals surface area (Å²) in [6.07, 6.45) is 0.815. The van der Waals surface area contributed by atoms with Crippen LogP contribution in [0.4, 0.5) is 5.69 Å². The fourth-order valence-electron chi connectivity index (χ4n) is 1.82. The van der Waals surface area contributed by atoms with Gasteiger partial charge in [-0.2, -0.15) is 5.10 Å². The molecule has 0 aromatic carbocycles. The molecule has 0 N–H and O–H groups in total. The number of aromatic nitrogens is 2. The van der Waals surface area contributed by atoms with E-state index in [1.54, 1.807) is 18.5 Å². The van der Waals surface area contributed by atoms with Gasteiger partial charge in [-0.15, -0.1) is 0 Å². The highest BCUT2D eigenvalue weighted by molar-refractivity contribution is 5.83. The average molecular weight is 239 g/mol. The molecule has 17 heavy (non-hydrogen) atoms. The Hall–Kier alpha value is -1.72. The van der Waals surface area contributed by atoms with Crippen molar-refractivity contribution in [2.24, 2.45) is 0 Å². The largest absolute Gasteiger partial charge is 0.313 e. The molecule has 0 aliphatic heterocycles. The monoisotopic (exact) mass is 239 g/mol. The maximum Gasteiger partial charge on any atom is 0.313 e. The predicted octanol–water partition coefficient (Wildman–Crippen LogP) is 2.20. The normalized spacial score (nSPS) is 12.5. The lowest BCUT2D eigenvalue weighted by molar-refractivity contribution is -0.386. The minimum absolute atomic E-state index is 0.0267. The van der Waals surface area contributed by atoms with Gasteiger partial charge >= 0.3 is 5.69 Å². The number of nitrogens with zero attached hydrogens (tertiary/aromatic N) is 3. The summed E-state index contributed by atoms with van der Waals surface area (Å²) < 4.78 is 1.58. The fraction of sp³-hybridized carbons (Fsp3) is 0.636. The van der Waals surface area contributed by atoms with Crippen molar-refractivity contribution in [2.45, 2.75) is 46.6 Å². The van der Waals surface area contributed by atoms with E-state index in [-0.39, 0.29) is 11.5 Å². The number of ketones is 1. The van der Waals surface area contributed by atoms with Crippen molar-refractivity contribution in [2.75, 3.05) is 0 Å². The third-order valence-corrected chi connectivity index (χ3v) is 2.77. The van der Waals surface area contributed by atoms with Crippen LogP contribution in [0.3, 0.4) is 0 Å². The van der Waals surface area contributed by atoms with Crippen molar-refractivity contribution in [3.05, 3.63) is 21.5 Å². The number of rotatable bonds is 5. The zero-order valence-electron chi connectivity index (χ0n) is 10.6. The number of hydrogen-bond acceptors (Lipinski definition) is 4. The van der Waals surface area contributed by atoms with E-state index >= 15 is 0 Å². The van der Waals surface area contributed by atoms with Gasteiger partial charge in [0.05, 0.1) is 10.8 Å². The van der Waals surface area contributed by atoms with E-state index < -0.39 is 10.8 Å². The number of carbonyl (C=O) groups excluding carboxylic acids is 1. The topological polar surface area (TPSA) is 78.0 Å². The first-order valence-electron chi connectivity index (χ1n) is 5.62. The molecule has 0 bridgehead atoms. The lowest BCUT2D eigenvalue weighted by Crippen LogP contribution is -2.14. The Balaban J connectivity index is 3.39. The third kappa shape index (κ3) is 2.51. The minimum atomic E-state index is -0.497. The Labute approximate surface area is 99.8 Å². The van der Waals surface area contributed by atoms with E-state index in [0.29, 0.717) is 17.9 Å². The van der Waals surface area contributed by atoms with E-state index in [1.807, 2.05) is 6.92 Å². The molecular formula is C11H17N3O3. The van der Waals surface area contributed by atoms with Crippen molar-refractivity contribution in [1.29, 1.82) is 0 Å². The molecule has 0 amide bonds. The highest BCUT2D eigenvalue weighted by atomic mass is 16.6. The smallest absolute Gasteiger partial charge is 0.299 e. The summed E-state index contributed by atoms with van der Waals surface area (Å²) in [5.41, 5.74) is 0.759. The van der Waals surface area contributed by atoms with Crippen LogP contribution in [0.1, 0.15) is 44.5 Å². The molecule has 0 saturated heterocycles. The van der Waals surface area contributed by atoms with E-state index in [0.717, 1.165) is 6.42 Å². The fourth-order valence-corrected chi connectivity index (χ4v) is 1.82. The van der Waals surface area contributed by atoms with E-state index in [4.69, 9.17) is 0 Å². The maximum absolute atomic E-state index is 11.4. The van der Waals surface area contributed by atoms with Crippen LogP contribution >= 0.6 is 0 Å². The van der Waals surface area contributed by atoms with Crippen molar-refractivity contribution in [3.63, 3.8) is 0 Å². The molecule has 94 valence electrons. The quantitative estimate of drug-likeness (QED) is 0.583. The Morgan fingerprint density at radius 2 is 2.18 bits per heavy atom. The summed E-state index contributed by atoms with van der Waals surface area (Å²) in [6, 6.07) is 0. The predicted molar refractivity (Wildman–Crippen MR) is 63.0 cm³/mol. The number of Topliss-reactive ketones (excluding diaryl/α,β-unsaturated/α-hetero) is 1. The molecule has 1 heterocycles. The molecule has 6 heteroatoms. The number of nitro groups is 1. The first-order valence-corrected chi connectivity index (χ1v) is 5.62. The van der Waals surface area contributed by atoms with Crippen LogP contribution in [-0.2, 0) is 11.3 Å². The van der Waals surface area contributed by atoms with Crippen molar-refractivity contribution in [1.82, 2.24) is 9.78 Å². The van der Waals surface area contributed by atoms with Gasteiger partial charge in [-0.05, 0) is 27.2 Å². The van der Waals surface area contributed by atoms with Gasteiger partial charge in [0.2, 0.25) is 0 Å². The van der Waals surface area contributed by atoms with Crippen molar-refractivity contribution in [3.8, 4) is 0 Å². The molecule has 6 nitrogen and oxygen atoms in total. The number of aryl methyl sites for hydroxylation is 2. The summed E-state index contributed by atoms with van der Waals surface area (Å²) >= 11 is 0. The standard InChI is InChI=1S/C11H17N3O3/c1-5-6-13-10(7(2)9(4)15)11(14(16)17)8(3)12-13/h7H,5-6H2,1-4H3. The van der Waals surface area contributed by atoms with E-state index in [9.17, 15) is 14.9 Å². The summed E-state index contributed by atoms with van der Waals surface area (Å²) in [5.74, 6) is -0.589. The maximum atomic E-state index is 11.4. The van der Waals surface area contributed by atoms with Gasteiger partial charge in [0.25, 0.3) is 0 Å². The summed E-state index contributed by atoms with van der Waals surface area (Å²) in [5, 5.41) is 15.2. The highest BCUT2D eigenvalue weighted by Gasteiger charge is 2.30. The van der Waals surface area contributed by atoms with Crippen LogP contribution in [0.25, 0.3) is 0 Å². The van der Waals surface area contributed by atoms with E-state index in [1.165, 1.54) is 6.92 Å². The lowest BCUT2D eigenvalue weighted by atomic mass is 10.0. The Morgan fingerprint density at radius 3 is 2.59 bits per heavy atom. The van der Waals surface area contributed by atoms with Gasteiger partial charge in [0.1, 0.15) is 17.2 Å². The van der Waals surface area contributed by atoms with Gasteiger partial charge < -0.3 is 0 Å².